The molecule has 5 rings (SSSR count). The number of carbonyl (C=O) groups is 1. The van der Waals surface area contributed by atoms with Gasteiger partial charge in [-0.1, -0.05) is 26.0 Å². The zero-order valence-corrected chi connectivity index (χ0v) is 18.5. The second kappa shape index (κ2) is 7.74. The number of nitrogens with zero attached hydrogens (tertiary/aromatic N) is 6. The van der Waals surface area contributed by atoms with Gasteiger partial charge >= 0.3 is 0 Å². The molecule has 0 radical (unpaired) electrons. The first-order valence-corrected chi connectivity index (χ1v) is 10.7. The van der Waals surface area contributed by atoms with Gasteiger partial charge in [0.25, 0.3) is 0 Å². The smallest absolute Gasteiger partial charge is 0.226 e. The maximum atomic E-state index is 12.6. The third-order valence-corrected chi connectivity index (χ3v) is 5.59. The number of carbonyl (C=O) groups excluding carboxylic acids is 1. The lowest BCUT2D eigenvalue weighted by atomic mass is 9.86. The van der Waals surface area contributed by atoms with Crippen LogP contribution >= 0.6 is 0 Å². The van der Waals surface area contributed by atoms with E-state index in [9.17, 15) is 4.79 Å². The lowest BCUT2D eigenvalue weighted by Crippen LogP contribution is -2.25. The van der Waals surface area contributed by atoms with Crippen molar-refractivity contribution in [2.45, 2.75) is 40.0 Å². The van der Waals surface area contributed by atoms with Crippen molar-refractivity contribution >= 4 is 17.4 Å². The summed E-state index contributed by atoms with van der Waals surface area (Å²) >= 11 is 0. The first kappa shape index (κ1) is 20.2. The zero-order chi connectivity index (χ0) is 22.4. The van der Waals surface area contributed by atoms with Gasteiger partial charge in [-0.05, 0) is 49.6 Å². The summed E-state index contributed by atoms with van der Waals surface area (Å²) in [6.45, 7) is 8.71. The molecule has 4 aromatic rings. The maximum Gasteiger partial charge on any atom is 0.226 e. The van der Waals surface area contributed by atoms with Crippen LogP contribution in [-0.4, -0.2) is 42.1 Å². The second-order valence-corrected chi connectivity index (χ2v) is 8.55. The SMILES string of the molecule is Cc1nn(-c2ccc3nnc(C)n3n2)c2c1[C@@H](c1ccc(OCC(C)C)cc1)CC(=O)N2. The van der Waals surface area contributed by atoms with Crippen LogP contribution in [0.1, 0.15) is 48.8 Å². The van der Waals surface area contributed by atoms with Gasteiger partial charge in [-0.2, -0.15) is 14.3 Å². The van der Waals surface area contributed by atoms with Gasteiger partial charge in [-0.15, -0.1) is 15.3 Å². The lowest BCUT2D eigenvalue weighted by molar-refractivity contribution is -0.116. The summed E-state index contributed by atoms with van der Waals surface area (Å²) in [7, 11) is 0. The van der Waals surface area contributed by atoms with Crippen molar-refractivity contribution in [3.05, 3.63) is 59.0 Å². The molecule has 164 valence electrons. The largest absolute Gasteiger partial charge is 0.493 e. The minimum atomic E-state index is -0.0907. The Bertz CT molecular complexity index is 1300. The van der Waals surface area contributed by atoms with Crippen LogP contribution in [-0.2, 0) is 4.79 Å². The van der Waals surface area contributed by atoms with Gasteiger partial charge in [0.1, 0.15) is 11.6 Å². The summed E-state index contributed by atoms with van der Waals surface area (Å²) in [5.41, 5.74) is 3.57. The Morgan fingerprint density at radius 3 is 2.62 bits per heavy atom. The van der Waals surface area contributed by atoms with Gasteiger partial charge in [-0.3, -0.25) is 4.79 Å². The van der Waals surface area contributed by atoms with Crippen molar-refractivity contribution in [2.24, 2.45) is 5.92 Å². The first-order valence-electron chi connectivity index (χ1n) is 10.7. The van der Waals surface area contributed by atoms with E-state index in [1.54, 1.807) is 9.20 Å². The fraction of sp³-hybridized carbons (Fsp3) is 0.348. The van der Waals surface area contributed by atoms with Gasteiger partial charge < -0.3 is 10.1 Å². The Hall–Kier alpha value is -3.75. The zero-order valence-electron chi connectivity index (χ0n) is 18.5. The van der Waals surface area contributed by atoms with E-state index < -0.39 is 0 Å². The number of amides is 1. The standard InChI is InChI=1S/C23H25N7O2/c1-13(2)12-32-17-7-5-16(6-8-17)18-11-21(31)24-23-22(18)14(3)27-30(23)20-10-9-19-26-25-15(4)29(19)28-20/h5-10,13,18H,11-12H2,1-4H3,(H,24,31)/t18-/m1/s1. The Balaban J connectivity index is 1.53. The topological polar surface area (TPSA) is 99.2 Å². The molecule has 3 aromatic heterocycles. The molecule has 0 aliphatic carbocycles. The van der Waals surface area contributed by atoms with Gasteiger partial charge in [0.2, 0.25) is 5.91 Å². The second-order valence-electron chi connectivity index (χ2n) is 8.55. The van der Waals surface area contributed by atoms with E-state index in [0.717, 1.165) is 22.6 Å². The molecule has 0 unspecified atom stereocenters. The quantitative estimate of drug-likeness (QED) is 0.520. The predicted molar refractivity (Wildman–Crippen MR) is 119 cm³/mol. The molecule has 1 aliphatic heterocycles. The van der Waals surface area contributed by atoms with E-state index in [-0.39, 0.29) is 11.8 Å². The average Bonchev–Trinajstić information content (AvgIpc) is 3.31. The fourth-order valence-electron chi connectivity index (χ4n) is 4.06. The minimum absolute atomic E-state index is 0.0506. The third kappa shape index (κ3) is 3.49. The van der Waals surface area contributed by atoms with E-state index in [4.69, 9.17) is 9.84 Å². The van der Waals surface area contributed by atoms with E-state index in [1.165, 1.54) is 0 Å². The molecule has 0 fully saturated rings. The maximum absolute atomic E-state index is 12.6. The van der Waals surface area contributed by atoms with Crippen LogP contribution < -0.4 is 10.1 Å². The predicted octanol–water partition coefficient (Wildman–Crippen LogP) is 3.44. The Kier molecular flexibility index (Phi) is 4.88. The molecule has 1 amide bonds. The molecule has 32 heavy (non-hydrogen) atoms. The van der Waals surface area contributed by atoms with Gasteiger partial charge in [0.15, 0.2) is 17.3 Å². The van der Waals surface area contributed by atoms with Gasteiger partial charge in [0.05, 0.1) is 12.3 Å². The number of ether oxygens (including phenoxy) is 1. The van der Waals surface area contributed by atoms with Crippen LogP contribution in [0.15, 0.2) is 36.4 Å². The van der Waals surface area contributed by atoms with Crippen LogP contribution in [0.3, 0.4) is 0 Å². The van der Waals surface area contributed by atoms with E-state index in [0.29, 0.717) is 42.1 Å². The Morgan fingerprint density at radius 1 is 1.09 bits per heavy atom. The molecule has 0 saturated carbocycles. The number of aromatic nitrogens is 6. The highest BCUT2D eigenvalue weighted by molar-refractivity contribution is 5.95. The van der Waals surface area contributed by atoms with E-state index in [2.05, 4.69) is 34.5 Å². The number of anilines is 1. The van der Waals surface area contributed by atoms with Crippen LogP contribution in [0.5, 0.6) is 5.75 Å². The van der Waals surface area contributed by atoms with Crippen LogP contribution in [0.2, 0.25) is 0 Å². The molecule has 1 N–H and O–H groups in total. The van der Waals surface area contributed by atoms with Crippen LogP contribution in [0.4, 0.5) is 5.82 Å². The van der Waals surface area contributed by atoms with Crippen molar-refractivity contribution in [3.63, 3.8) is 0 Å². The molecule has 0 bridgehead atoms. The number of hydrogen-bond acceptors (Lipinski definition) is 6. The molecule has 9 heteroatoms. The first-order chi connectivity index (χ1) is 15.4. The summed E-state index contributed by atoms with van der Waals surface area (Å²) in [6.07, 6.45) is 0.364. The lowest BCUT2D eigenvalue weighted by Gasteiger charge is -2.24. The number of benzene rings is 1. The van der Waals surface area contributed by atoms with Gasteiger partial charge in [-0.25, -0.2) is 0 Å². The monoisotopic (exact) mass is 431 g/mol. The van der Waals surface area contributed by atoms with Crippen molar-refractivity contribution in [1.29, 1.82) is 0 Å². The highest BCUT2D eigenvalue weighted by atomic mass is 16.5. The summed E-state index contributed by atoms with van der Waals surface area (Å²) in [6, 6.07) is 11.7. The Labute approximate surface area is 185 Å². The summed E-state index contributed by atoms with van der Waals surface area (Å²) in [5, 5.41) is 20.5. The Morgan fingerprint density at radius 2 is 1.88 bits per heavy atom. The molecule has 0 spiro atoms. The molecule has 1 atom stereocenters. The molecule has 9 nitrogen and oxygen atoms in total. The number of hydrogen-bond donors (Lipinski definition) is 1. The normalized spacial score (nSPS) is 15.8. The molecule has 4 heterocycles. The number of nitrogens with one attached hydrogen (secondary N) is 1. The summed E-state index contributed by atoms with van der Waals surface area (Å²) in [4.78, 5) is 12.6. The van der Waals surface area contributed by atoms with Crippen LogP contribution in [0, 0.1) is 19.8 Å². The van der Waals surface area contributed by atoms with Crippen molar-refractivity contribution < 1.29 is 9.53 Å². The third-order valence-electron chi connectivity index (χ3n) is 5.59. The molecular weight excluding hydrogens is 406 g/mol. The summed E-state index contributed by atoms with van der Waals surface area (Å²) in [5.74, 6) is 3.07. The molecule has 0 saturated heterocycles. The average molecular weight is 432 g/mol. The number of fused-ring (bicyclic) bond motifs is 2. The van der Waals surface area contributed by atoms with Crippen molar-refractivity contribution in [3.8, 4) is 11.6 Å². The van der Waals surface area contributed by atoms with Gasteiger partial charge in [0, 0.05) is 17.9 Å². The minimum Gasteiger partial charge on any atom is -0.493 e. The highest BCUT2D eigenvalue weighted by Gasteiger charge is 2.33. The van der Waals surface area contributed by atoms with Crippen molar-refractivity contribution in [2.75, 3.05) is 11.9 Å². The molecule has 1 aromatic carbocycles. The molecule has 1 aliphatic rings. The van der Waals surface area contributed by atoms with E-state index in [1.807, 2.05) is 50.2 Å². The van der Waals surface area contributed by atoms with E-state index >= 15 is 0 Å². The molecular formula is C23H25N7O2. The van der Waals surface area contributed by atoms with Crippen molar-refractivity contribution in [1.82, 2.24) is 29.6 Å². The highest BCUT2D eigenvalue weighted by Crippen LogP contribution is 2.40. The number of rotatable bonds is 5. The number of aryl methyl sites for hydroxylation is 2. The van der Waals surface area contributed by atoms with Crippen LogP contribution in [0.25, 0.3) is 11.5 Å². The fourth-order valence-corrected chi connectivity index (χ4v) is 4.06. The summed E-state index contributed by atoms with van der Waals surface area (Å²) < 4.78 is 9.16.